The van der Waals surface area contributed by atoms with Gasteiger partial charge in [0.25, 0.3) is 0 Å². The number of hydrogen-bond donors (Lipinski definition) is 2. The molecule has 3 N–H and O–H groups in total. The average molecular weight is 348 g/mol. The minimum atomic E-state index is -0.380. The molecule has 26 heavy (non-hydrogen) atoms. The van der Waals surface area contributed by atoms with Gasteiger partial charge in [0, 0.05) is 24.1 Å². The van der Waals surface area contributed by atoms with Gasteiger partial charge in [-0.15, -0.1) is 0 Å². The molecular formula is C21H20N2O3. The van der Waals surface area contributed by atoms with Gasteiger partial charge in [-0.3, -0.25) is 9.59 Å². The molecule has 0 fully saturated rings. The molecule has 3 rings (SSSR count). The Balaban J connectivity index is 1.51. The molecule has 0 aliphatic carbocycles. The van der Waals surface area contributed by atoms with Crippen LogP contribution in [-0.2, 0) is 22.4 Å². The van der Waals surface area contributed by atoms with Crippen molar-refractivity contribution in [3.05, 3.63) is 78.1 Å². The third-order valence-electron chi connectivity index (χ3n) is 3.93. The van der Waals surface area contributed by atoms with Gasteiger partial charge in [-0.1, -0.05) is 42.5 Å². The first-order chi connectivity index (χ1) is 12.6. The van der Waals surface area contributed by atoms with Crippen LogP contribution in [0.1, 0.15) is 17.7 Å². The van der Waals surface area contributed by atoms with Crippen molar-refractivity contribution in [3.63, 3.8) is 0 Å². The van der Waals surface area contributed by atoms with Crippen molar-refractivity contribution in [2.45, 2.75) is 19.3 Å². The zero-order chi connectivity index (χ0) is 18.4. The van der Waals surface area contributed by atoms with Crippen LogP contribution in [-0.4, -0.2) is 11.8 Å². The van der Waals surface area contributed by atoms with E-state index in [1.807, 2.05) is 42.5 Å². The molecule has 0 aliphatic rings. The molecule has 0 aliphatic heterocycles. The first-order valence-corrected chi connectivity index (χ1v) is 8.41. The number of nitrogens with two attached hydrogens (primary N) is 1. The lowest BCUT2D eigenvalue weighted by Gasteiger charge is -2.05. The zero-order valence-electron chi connectivity index (χ0n) is 14.3. The quantitative estimate of drug-likeness (QED) is 0.685. The molecule has 5 nitrogen and oxygen atoms in total. The van der Waals surface area contributed by atoms with Gasteiger partial charge in [0.1, 0.15) is 11.5 Å². The summed E-state index contributed by atoms with van der Waals surface area (Å²) in [7, 11) is 0. The van der Waals surface area contributed by atoms with Crippen molar-refractivity contribution in [1.29, 1.82) is 0 Å². The second-order valence-electron chi connectivity index (χ2n) is 6.02. The van der Waals surface area contributed by atoms with Crippen LogP contribution in [0, 0.1) is 0 Å². The zero-order valence-corrected chi connectivity index (χ0v) is 14.3. The number of furan rings is 1. The summed E-state index contributed by atoms with van der Waals surface area (Å²) in [5.74, 6) is 1.10. The summed E-state index contributed by atoms with van der Waals surface area (Å²) in [5.41, 5.74) is 7.68. The highest BCUT2D eigenvalue weighted by molar-refractivity contribution is 5.90. The molecule has 0 bridgehead atoms. The fourth-order valence-corrected chi connectivity index (χ4v) is 2.64. The molecule has 3 aromatic rings. The third kappa shape index (κ3) is 4.83. The van der Waals surface area contributed by atoms with E-state index in [0.717, 1.165) is 22.6 Å². The van der Waals surface area contributed by atoms with Crippen molar-refractivity contribution in [3.8, 4) is 11.3 Å². The van der Waals surface area contributed by atoms with Crippen molar-refractivity contribution < 1.29 is 14.0 Å². The second kappa shape index (κ2) is 8.16. The number of carbonyl (C=O) groups is 2. The molecule has 0 spiro atoms. The summed E-state index contributed by atoms with van der Waals surface area (Å²) in [4.78, 5) is 23.0. The molecule has 1 aromatic heterocycles. The van der Waals surface area contributed by atoms with Gasteiger partial charge in [0.15, 0.2) is 0 Å². The molecule has 5 heteroatoms. The van der Waals surface area contributed by atoms with Crippen molar-refractivity contribution >= 4 is 17.5 Å². The predicted octanol–water partition coefficient (Wildman–Crippen LogP) is 3.55. The Hall–Kier alpha value is -3.34. The van der Waals surface area contributed by atoms with E-state index < -0.39 is 0 Å². The Morgan fingerprint density at radius 2 is 1.65 bits per heavy atom. The SMILES string of the molecule is NC(=O)Cc1ccc(NC(=O)CCc2ccc(-c3ccccc3)o2)cc1. The maximum absolute atomic E-state index is 12.1. The fraction of sp³-hybridized carbons (Fsp3) is 0.143. The van der Waals surface area contributed by atoms with Crippen LogP contribution in [0.4, 0.5) is 5.69 Å². The molecule has 0 unspecified atom stereocenters. The van der Waals surface area contributed by atoms with Crippen molar-refractivity contribution in [2.24, 2.45) is 5.73 Å². The highest BCUT2D eigenvalue weighted by Gasteiger charge is 2.08. The number of nitrogens with one attached hydrogen (secondary N) is 1. The molecule has 2 amide bonds. The first-order valence-electron chi connectivity index (χ1n) is 8.41. The van der Waals surface area contributed by atoms with Gasteiger partial charge in [-0.25, -0.2) is 0 Å². The molecule has 0 saturated carbocycles. The van der Waals surface area contributed by atoms with Gasteiger partial charge in [0.2, 0.25) is 11.8 Å². The Morgan fingerprint density at radius 1 is 0.923 bits per heavy atom. The smallest absolute Gasteiger partial charge is 0.224 e. The van der Waals surface area contributed by atoms with Gasteiger partial charge in [0.05, 0.1) is 6.42 Å². The van der Waals surface area contributed by atoms with Crippen LogP contribution in [0.5, 0.6) is 0 Å². The maximum Gasteiger partial charge on any atom is 0.224 e. The van der Waals surface area contributed by atoms with E-state index in [1.54, 1.807) is 24.3 Å². The van der Waals surface area contributed by atoms with E-state index in [-0.39, 0.29) is 18.2 Å². The van der Waals surface area contributed by atoms with Crippen LogP contribution in [0.25, 0.3) is 11.3 Å². The number of benzene rings is 2. The van der Waals surface area contributed by atoms with Crippen molar-refractivity contribution in [2.75, 3.05) is 5.32 Å². The largest absolute Gasteiger partial charge is 0.461 e. The van der Waals surface area contributed by atoms with Crippen LogP contribution in [0.3, 0.4) is 0 Å². The minimum Gasteiger partial charge on any atom is -0.461 e. The lowest BCUT2D eigenvalue weighted by molar-refractivity contribution is -0.117. The highest BCUT2D eigenvalue weighted by atomic mass is 16.3. The summed E-state index contributed by atoms with van der Waals surface area (Å²) in [6.07, 6.45) is 1.04. The monoisotopic (exact) mass is 348 g/mol. The summed E-state index contributed by atoms with van der Waals surface area (Å²) >= 11 is 0. The summed E-state index contributed by atoms with van der Waals surface area (Å²) < 4.78 is 5.80. The second-order valence-corrected chi connectivity index (χ2v) is 6.02. The number of amides is 2. The van der Waals surface area contributed by atoms with Gasteiger partial charge in [-0.2, -0.15) is 0 Å². The average Bonchev–Trinajstić information content (AvgIpc) is 3.11. The van der Waals surface area contributed by atoms with E-state index in [4.69, 9.17) is 10.2 Å². The first kappa shape index (κ1) is 17.5. The van der Waals surface area contributed by atoms with E-state index >= 15 is 0 Å². The van der Waals surface area contributed by atoms with E-state index in [9.17, 15) is 9.59 Å². The Bertz CT molecular complexity index is 883. The van der Waals surface area contributed by atoms with Crippen molar-refractivity contribution in [1.82, 2.24) is 0 Å². The van der Waals surface area contributed by atoms with E-state index in [0.29, 0.717) is 18.5 Å². The topological polar surface area (TPSA) is 85.3 Å². The molecule has 0 atom stereocenters. The summed E-state index contributed by atoms with van der Waals surface area (Å²) in [5, 5.41) is 2.83. The van der Waals surface area contributed by atoms with Crippen LogP contribution in [0.2, 0.25) is 0 Å². The Morgan fingerprint density at radius 3 is 2.35 bits per heavy atom. The van der Waals surface area contributed by atoms with Gasteiger partial charge < -0.3 is 15.5 Å². The number of anilines is 1. The number of aryl methyl sites for hydroxylation is 1. The summed E-state index contributed by atoms with van der Waals surface area (Å²) in [6.45, 7) is 0. The normalized spacial score (nSPS) is 10.5. The number of hydrogen-bond acceptors (Lipinski definition) is 3. The molecule has 0 radical (unpaired) electrons. The van der Waals surface area contributed by atoms with E-state index in [1.165, 1.54) is 0 Å². The Kier molecular flexibility index (Phi) is 5.49. The number of carbonyl (C=O) groups excluding carboxylic acids is 2. The minimum absolute atomic E-state index is 0.0923. The predicted molar refractivity (Wildman–Crippen MR) is 100 cm³/mol. The maximum atomic E-state index is 12.1. The van der Waals surface area contributed by atoms with Crippen LogP contribution in [0.15, 0.2) is 71.1 Å². The van der Waals surface area contributed by atoms with Gasteiger partial charge >= 0.3 is 0 Å². The summed E-state index contributed by atoms with van der Waals surface area (Å²) in [6, 6.07) is 20.7. The van der Waals surface area contributed by atoms with Gasteiger partial charge in [-0.05, 0) is 29.8 Å². The lowest BCUT2D eigenvalue weighted by Crippen LogP contribution is -2.14. The molecule has 2 aromatic carbocycles. The molecule has 132 valence electrons. The fourth-order valence-electron chi connectivity index (χ4n) is 2.64. The molecular weight excluding hydrogens is 328 g/mol. The van der Waals surface area contributed by atoms with E-state index in [2.05, 4.69) is 5.32 Å². The van der Waals surface area contributed by atoms with Crippen LogP contribution < -0.4 is 11.1 Å². The molecule has 0 saturated heterocycles. The standard InChI is InChI=1S/C21H20N2O3/c22-20(24)14-15-6-8-17(9-7-15)23-21(25)13-11-18-10-12-19(26-18)16-4-2-1-3-5-16/h1-10,12H,11,13-14H2,(H2,22,24)(H,23,25). The third-order valence-corrected chi connectivity index (χ3v) is 3.93. The number of rotatable bonds is 7. The Labute approximate surface area is 151 Å². The molecule has 1 heterocycles. The number of primary amides is 1. The van der Waals surface area contributed by atoms with Crippen LogP contribution >= 0.6 is 0 Å². The highest BCUT2D eigenvalue weighted by Crippen LogP contribution is 2.22. The lowest BCUT2D eigenvalue weighted by atomic mass is 10.1.